The van der Waals surface area contributed by atoms with Crippen molar-refractivity contribution < 1.29 is 13.2 Å². The van der Waals surface area contributed by atoms with Crippen molar-refractivity contribution in [1.29, 1.82) is 0 Å². The molecule has 0 saturated heterocycles. The summed E-state index contributed by atoms with van der Waals surface area (Å²) in [6, 6.07) is 5.09. The molecule has 5 nitrogen and oxygen atoms in total. The lowest BCUT2D eigenvalue weighted by Crippen LogP contribution is -2.34. The van der Waals surface area contributed by atoms with Gasteiger partial charge in [-0.1, -0.05) is 13.3 Å². The fraction of sp³-hybridized carbons (Fsp3) is 0.600. The van der Waals surface area contributed by atoms with Crippen molar-refractivity contribution in [3.8, 4) is 5.75 Å². The molecular formula is C15H24N2O3S. The van der Waals surface area contributed by atoms with Gasteiger partial charge in [0.25, 0.3) is 0 Å². The van der Waals surface area contributed by atoms with Crippen LogP contribution in [-0.4, -0.2) is 32.4 Å². The molecule has 0 atom stereocenters. The van der Waals surface area contributed by atoms with Crippen molar-refractivity contribution >= 4 is 10.0 Å². The van der Waals surface area contributed by atoms with E-state index in [-0.39, 0.29) is 12.6 Å². The second-order valence-corrected chi connectivity index (χ2v) is 7.27. The van der Waals surface area contributed by atoms with Gasteiger partial charge >= 0.3 is 0 Å². The first-order chi connectivity index (χ1) is 10.0. The number of ether oxygens (including phenoxy) is 1. The van der Waals surface area contributed by atoms with E-state index in [0.29, 0.717) is 22.8 Å². The van der Waals surface area contributed by atoms with Crippen molar-refractivity contribution in [3.05, 3.63) is 23.8 Å². The molecule has 1 fully saturated rings. The molecule has 0 radical (unpaired) electrons. The number of nitrogens with two attached hydrogens (primary N) is 1. The fourth-order valence-electron chi connectivity index (χ4n) is 2.39. The summed E-state index contributed by atoms with van der Waals surface area (Å²) in [6.07, 6.45) is 3.79. The van der Waals surface area contributed by atoms with Gasteiger partial charge in [-0.3, -0.25) is 0 Å². The first-order valence-electron chi connectivity index (χ1n) is 7.43. The monoisotopic (exact) mass is 312 g/mol. The summed E-state index contributed by atoms with van der Waals surface area (Å²) in [4.78, 5) is 0.312. The van der Waals surface area contributed by atoms with Gasteiger partial charge in [-0.25, -0.2) is 8.42 Å². The summed E-state index contributed by atoms with van der Waals surface area (Å²) < 4.78 is 32.5. The van der Waals surface area contributed by atoms with Gasteiger partial charge < -0.3 is 10.5 Å². The van der Waals surface area contributed by atoms with Crippen LogP contribution < -0.4 is 10.5 Å². The van der Waals surface area contributed by atoms with Crippen LogP contribution in [0.25, 0.3) is 0 Å². The molecule has 0 unspecified atom stereocenters. The van der Waals surface area contributed by atoms with E-state index in [4.69, 9.17) is 10.5 Å². The number of nitrogens with zero attached hydrogens (tertiary/aromatic N) is 1. The minimum absolute atomic E-state index is 0.171. The Hall–Kier alpha value is -1.11. The Morgan fingerprint density at radius 1 is 1.38 bits per heavy atom. The van der Waals surface area contributed by atoms with Gasteiger partial charge in [-0.15, -0.1) is 0 Å². The lowest BCUT2D eigenvalue weighted by Gasteiger charge is -2.22. The van der Waals surface area contributed by atoms with E-state index >= 15 is 0 Å². The van der Waals surface area contributed by atoms with Crippen molar-refractivity contribution in [1.82, 2.24) is 4.31 Å². The second kappa shape index (κ2) is 6.77. The normalized spacial score (nSPS) is 15.4. The molecule has 2 rings (SSSR count). The highest BCUT2D eigenvalue weighted by atomic mass is 32.2. The Bertz CT molecular complexity index is 583. The first kappa shape index (κ1) is 16.3. The molecule has 0 heterocycles. The lowest BCUT2D eigenvalue weighted by atomic mass is 10.2. The standard InChI is InChI=1S/C15H24N2O3S/c1-3-4-9-17(13-5-6-13)21(18,19)14-7-8-15(20-2)12(10-14)11-16/h7-8,10,13H,3-6,9,11,16H2,1-2H3. The molecule has 0 spiro atoms. The lowest BCUT2D eigenvalue weighted by molar-refractivity contribution is 0.394. The number of hydrogen-bond acceptors (Lipinski definition) is 4. The molecule has 2 N–H and O–H groups in total. The maximum Gasteiger partial charge on any atom is 0.243 e. The summed E-state index contributed by atoms with van der Waals surface area (Å²) in [5.74, 6) is 0.628. The number of sulfonamides is 1. The number of hydrogen-bond donors (Lipinski definition) is 1. The number of benzene rings is 1. The zero-order valence-electron chi connectivity index (χ0n) is 12.7. The third-order valence-corrected chi connectivity index (χ3v) is 5.71. The Morgan fingerprint density at radius 3 is 2.62 bits per heavy atom. The topological polar surface area (TPSA) is 72.6 Å². The SMILES string of the molecule is CCCCN(C1CC1)S(=O)(=O)c1ccc(OC)c(CN)c1. The van der Waals surface area contributed by atoms with Crippen molar-refractivity contribution in [2.24, 2.45) is 5.73 Å². The van der Waals surface area contributed by atoms with Crippen LogP contribution in [0.2, 0.25) is 0 Å². The molecule has 0 aliphatic heterocycles. The van der Waals surface area contributed by atoms with E-state index in [1.165, 1.54) is 0 Å². The second-order valence-electron chi connectivity index (χ2n) is 5.38. The predicted molar refractivity (Wildman–Crippen MR) is 82.7 cm³/mol. The van der Waals surface area contributed by atoms with E-state index < -0.39 is 10.0 Å². The Labute approximate surface area is 127 Å². The number of rotatable bonds is 8. The van der Waals surface area contributed by atoms with E-state index in [1.807, 2.05) is 0 Å². The Kier molecular flexibility index (Phi) is 5.24. The molecule has 0 bridgehead atoms. The molecule has 1 saturated carbocycles. The van der Waals surface area contributed by atoms with Gasteiger partial charge in [-0.05, 0) is 37.5 Å². The van der Waals surface area contributed by atoms with Gasteiger partial charge in [0.1, 0.15) is 5.75 Å². The van der Waals surface area contributed by atoms with Crippen molar-refractivity contribution in [3.63, 3.8) is 0 Å². The smallest absolute Gasteiger partial charge is 0.243 e. The maximum atomic E-state index is 12.8. The first-order valence-corrected chi connectivity index (χ1v) is 8.87. The molecule has 21 heavy (non-hydrogen) atoms. The minimum Gasteiger partial charge on any atom is -0.496 e. The van der Waals surface area contributed by atoms with E-state index in [1.54, 1.807) is 29.6 Å². The van der Waals surface area contributed by atoms with Crippen LogP contribution in [0.15, 0.2) is 23.1 Å². The zero-order chi connectivity index (χ0) is 15.5. The van der Waals surface area contributed by atoms with Gasteiger partial charge in [-0.2, -0.15) is 4.31 Å². The van der Waals surface area contributed by atoms with Crippen LogP contribution in [-0.2, 0) is 16.6 Å². The van der Waals surface area contributed by atoms with E-state index in [0.717, 1.165) is 25.7 Å². The average Bonchev–Trinajstić information content (AvgIpc) is 3.31. The number of unbranched alkanes of at least 4 members (excludes halogenated alkanes) is 1. The summed E-state index contributed by atoms with van der Waals surface area (Å²) in [7, 11) is -1.89. The van der Waals surface area contributed by atoms with Gasteiger partial charge in [0, 0.05) is 24.7 Å². The average molecular weight is 312 g/mol. The van der Waals surface area contributed by atoms with Gasteiger partial charge in [0.05, 0.1) is 12.0 Å². The largest absolute Gasteiger partial charge is 0.496 e. The molecule has 0 amide bonds. The van der Waals surface area contributed by atoms with Crippen molar-refractivity contribution in [2.45, 2.75) is 50.1 Å². The fourth-order valence-corrected chi connectivity index (χ4v) is 4.16. The third kappa shape index (κ3) is 3.56. The molecule has 1 aromatic rings. The summed E-state index contributed by atoms with van der Waals surface area (Å²) in [6.45, 7) is 2.91. The highest BCUT2D eigenvalue weighted by molar-refractivity contribution is 7.89. The molecule has 1 aromatic carbocycles. The van der Waals surface area contributed by atoms with Gasteiger partial charge in [0.15, 0.2) is 0 Å². The van der Waals surface area contributed by atoms with Crippen LogP contribution >= 0.6 is 0 Å². The highest BCUT2D eigenvalue weighted by Gasteiger charge is 2.37. The van der Waals surface area contributed by atoms with Crippen LogP contribution in [0.4, 0.5) is 0 Å². The summed E-state index contributed by atoms with van der Waals surface area (Å²) >= 11 is 0. The van der Waals surface area contributed by atoms with Crippen LogP contribution in [0, 0.1) is 0 Å². The quantitative estimate of drug-likeness (QED) is 0.798. The predicted octanol–water partition coefficient (Wildman–Crippen LogP) is 2.11. The molecule has 118 valence electrons. The van der Waals surface area contributed by atoms with Crippen LogP contribution in [0.3, 0.4) is 0 Å². The highest BCUT2D eigenvalue weighted by Crippen LogP contribution is 2.33. The molecular weight excluding hydrogens is 288 g/mol. The summed E-state index contributed by atoms with van der Waals surface area (Å²) in [5, 5.41) is 0. The molecule has 0 aromatic heterocycles. The van der Waals surface area contributed by atoms with E-state index in [9.17, 15) is 8.42 Å². The van der Waals surface area contributed by atoms with Crippen LogP contribution in [0.1, 0.15) is 38.2 Å². The summed E-state index contributed by atoms with van der Waals surface area (Å²) in [5.41, 5.74) is 6.39. The number of methoxy groups -OCH3 is 1. The third-order valence-electron chi connectivity index (χ3n) is 3.76. The van der Waals surface area contributed by atoms with Crippen LogP contribution in [0.5, 0.6) is 5.75 Å². The van der Waals surface area contributed by atoms with E-state index in [2.05, 4.69) is 6.92 Å². The zero-order valence-corrected chi connectivity index (χ0v) is 13.5. The maximum absolute atomic E-state index is 12.8. The minimum atomic E-state index is -3.45. The molecule has 1 aliphatic carbocycles. The van der Waals surface area contributed by atoms with Gasteiger partial charge in [0.2, 0.25) is 10.0 Å². The Balaban J connectivity index is 2.32. The molecule has 6 heteroatoms. The molecule has 1 aliphatic rings. The Morgan fingerprint density at radius 2 is 2.10 bits per heavy atom. The van der Waals surface area contributed by atoms with Crippen molar-refractivity contribution in [2.75, 3.05) is 13.7 Å².